The van der Waals surface area contributed by atoms with Gasteiger partial charge in [-0.05, 0) is 75.4 Å². The molecule has 1 aromatic rings. The Morgan fingerprint density at radius 2 is 1.87 bits per heavy atom. The van der Waals surface area contributed by atoms with Crippen molar-refractivity contribution in [1.29, 1.82) is 0 Å². The molecule has 0 radical (unpaired) electrons. The van der Waals surface area contributed by atoms with Gasteiger partial charge in [-0.1, -0.05) is 24.4 Å². The van der Waals surface area contributed by atoms with E-state index in [4.69, 9.17) is 17.3 Å². The molecule has 1 amide bonds. The maximum atomic E-state index is 13.7. The van der Waals surface area contributed by atoms with Crippen LogP contribution in [0.1, 0.15) is 53.6 Å². The summed E-state index contributed by atoms with van der Waals surface area (Å²) < 4.78 is 0. The van der Waals surface area contributed by atoms with Crippen LogP contribution in [0.5, 0.6) is 5.75 Å². The fraction of sp³-hybridized carbons (Fsp3) is 0.536. The van der Waals surface area contributed by atoms with Gasteiger partial charge < -0.3 is 31.5 Å². The summed E-state index contributed by atoms with van der Waals surface area (Å²) >= 11 is 6.78. The van der Waals surface area contributed by atoms with Gasteiger partial charge in [0.25, 0.3) is 5.91 Å². The van der Waals surface area contributed by atoms with E-state index in [1.54, 1.807) is 14.1 Å². The summed E-state index contributed by atoms with van der Waals surface area (Å²) in [6.07, 6.45) is 5.01. The molecule has 4 aliphatic rings. The standard InChI is InChI=1S/C28H34ClN3O7/c1-32(2)22-16-8-13-7-15-19(17(33)9-14(21(15)29)11-31-10-12-5-3-4-6-12)23(34)18(13)25(36)28(16,39)26(37)20(24(22)35)27(30)38/h9,12-13,16,22,31,33,35-36,39H,3-8,10-11H2,1-2H3,(H2,30,38)/t13-,16-,22-,28-/m0/s1. The molecule has 0 spiro atoms. The molecule has 0 aliphatic heterocycles. The number of nitrogens with one attached hydrogen (secondary N) is 1. The number of hydrogen-bond acceptors (Lipinski definition) is 9. The van der Waals surface area contributed by atoms with Crippen LogP contribution >= 0.6 is 11.6 Å². The predicted molar refractivity (Wildman–Crippen MR) is 142 cm³/mol. The Bertz CT molecular complexity index is 1330. The highest BCUT2D eigenvalue weighted by atomic mass is 35.5. The van der Waals surface area contributed by atoms with E-state index in [-0.39, 0.29) is 29.7 Å². The highest BCUT2D eigenvalue weighted by molar-refractivity contribution is 6.33. The van der Waals surface area contributed by atoms with Gasteiger partial charge in [0.1, 0.15) is 22.8 Å². The monoisotopic (exact) mass is 559 g/mol. The topological polar surface area (TPSA) is 173 Å². The number of rotatable bonds is 6. The number of amides is 1. The number of phenolic OH excluding ortho intramolecular Hbond substituents is 1. The highest BCUT2D eigenvalue weighted by Gasteiger charge is 2.63. The minimum Gasteiger partial charge on any atom is -0.510 e. The van der Waals surface area contributed by atoms with Crippen molar-refractivity contribution in [1.82, 2.24) is 10.2 Å². The van der Waals surface area contributed by atoms with Gasteiger partial charge in [0.15, 0.2) is 11.4 Å². The molecule has 10 nitrogen and oxygen atoms in total. The fourth-order valence-corrected chi connectivity index (χ4v) is 7.40. The second-order valence-corrected chi connectivity index (χ2v) is 11.8. The minimum absolute atomic E-state index is 0.0208. The molecule has 4 aliphatic carbocycles. The van der Waals surface area contributed by atoms with Crippen LogP contribution in [-0.4, -0.2) is 75.1 Å². The number of aromatic hydroxyl groups is 1. The summed E-state index contributed by atoms with van der Waals surface area (Å²) in [5.41, 5.74) is 2.67. The van der Waals surface area contributed by atoms with Crippen molar-refractivity contribution in [2.45, 2.75) is 56.7 Å². The summed E-state index contributed by atoms with van der Waals surface area (Å²) in [5.74, 6) is -6.18. The lowest BCUT2D eigenvalue weighted by Gasteiger charge is -2.50. The van der Waals surface area contributed by atoms with Gasteiger partial charge in [-0.25, -0.2) is 0 Å². The van der Waals surface area contributed by atoms with E-state index < -0.39 is 58.0 Å². The van der Waals surface area contributed by atoms with Crippen molar-refractivity contribution < 1.29 is 34.8 Å². The Morgan fingerprint density at radius 1 is 1.21 bits per heavy atom. The molecule has 0 heterocycles. The Morgan fingerprint density at radius 3 is 2.49 bits per heavy atom. The smallest absolute Gasteiger partial charge is 0.255 e. The molecule has 7 N–H and O–H groups in total. The summed E-state index contributed by atoms with van der Waals surface area (Å²) in [6.45, 7) is 1.25. The fourth-order valence-electron chi connectivity index (χ4n) is 7.11. The third kappa shape index (κ3) is 4.16. The maximum Gasteiger partial charge on any atom is 0.255 e. The largest absolute Gasteiger partial charge is 0.510 e. The van der Waals surface area contributed by atoms with Crippen molar-refractivity contribution in [3.63, 3.8) is 0 Å². The van der Waals surface area contributed by atoms with Crippen LogP contribution in [0, 0.1) is 17.8 Å². The van der Waals surface area contributed by atoms with E-state index in [0.29, 0.717) is 28.6 Å². The number of halogens is 1. The highest BCUT2D eigenvalue weighted by Crippen LogP contribution is 2.53. The summed E-state index contributed by atoms with van der Waals surface area (Å²) in [7, 11) is 3.18. The van der Waals surface area contributed by atoms with Gasteiger partial charge in [0, 0.05) is 23.1 Å². The van der Waals surface area contributed by atoms with E-state index in [2.05, 4.69) is 5.32 Å². The molecular formula is C28H34ClN3O7. The van der Waals surface area contributed by atoms with Crippen LogP contribution in [0.3, 0.4) is 0 Å². The van der Waals surface area contributed by atoms with E-state index in [1.165, 1.54) is 36.6 Å². The van der Waals surface area contributed by atoms with Crippen LogP contribution in [0.15, 0.2) is 28.7 Å². The number of hydrogen-bond donors (Lipinski definition) is 6. The van der Waals surface area contributed by atoms with Crippen molar-refractivity contribution >= 4 is 29.1 Å². The van der Waals surface area contributed by atoms with Crippen molar-refractivity contribution in [2.75, 3.05) is 20.6 Å². The number of ketones is 2. The number of phenols is 1. The molecule has 5 rings (SSSR count). The number of benzene rings is 1. The van der Waals surface area contributed by atoms with E-state index in [9.17, 15) is 34.8 Å². The third-order valence-corrected chi connectivity index (χ3v) is 9.42. The first-order valence-corrected chi connectivity index (χ1v) is 13.7. The first kappa shape index (κ1) is 27.6. The Labute approximate surface area is 231 Å². The minimum atomic E-state index is -2.66. The van der Waals surface area contributed by atoms with Crippen molar-refractivity contribution in [3.05, 3.63) is 50.4 Å². The van der Waals surface area contributed by atoms with Crippen LogP contribution in [-0.2, 0) is 22.6 Å². The normalized spacial score (nSPS) is 29.1. The number of fused-ring (bicyclic) bond motifs is 3. The van der Waals surface area contributed by atoms with E-state index >= 15 is 0 Å². The zero-order chi connectivity index (χ0) is 28.4. The lowest BCUT2D eigenvalue weighted by atomic mass is 9.58. The number of carbonyl (C=O) groups is 3. The SMILES string of the molecule is CN(C)[C@@H]1C(O)=C(C(N)=O)C(=O)[C@@]2(O)C(O)=C3C(=O)c4c(O)cc(CNCC5CCCC5)c(Cl)c4C[C@H]3C[C@@H]12. The summed E-state index contributed by atoms with van der Waals surface area (Å²) in [5, 5.41) is 48.5. The summed E-state index contributed by atoms with van der Waals surface area (Å²) in [6, 6.07) is 0.393. The number of allylic oxidation sites excluding steroid dienone is 1. The van der Waals surface area contributed by atoms with Gasteiger partial charge >= 0.3 is 0 Å². The number of aliphatic hydroxyl groups excluding tert-OH is 2. The van der Waals surface area contributed by atoms with Gasteiger partial charge in [0.2, 0.25) is 5.78 Å². The third-order valence-electron chi connectivity index (χ3n) is 8.95. The number of carbonyl (C=O) groups excluding carboxylic acids is 3. The molecule has 1 fully saturated rings. The molecule has 210 valence electrons. The average Bonchev–Trinajstić information content (AvgIpc) is 3.37. The predicted octanol–water partition coefficient (Wildman–Crippen LogP) is 2.05. The number of likely N-dealkylation sites (N-methyl/N-ethyl adjacent to an activating group) is 1. The van der Waals surface area contributed by atoms with Crippen LogP contribution in [0.25, 0.3) is 0 Å². The maximum absolute atomic E-state index is 13.7. The molecule has 1 aromatic carbocycles. The molecule has 39 heavy (non-hydrogen) atoms. The quantitative estimate of drug-likeness (QED) is 0.285. The Balaban J connectivity index is 1.55. The molecule has 1 saturated carbocycles. The zero-order valence-electron chi connectivity index (χ0n) is 22.0. The Kier molecular flexibility index (Phi) is 7.03. The number of aliphatic hydroxyl groups is 3. The molecule has 0 bridgehead atoms. The lowest BCUT2D eigenvalue weighted by molar-refractivity contribution is -0.148. The molecule has 0 saturated heterocycles. The van der Waals surface area contributed by atoms with Crippen LogP contribution < -0.4 is 11.1 Å². The van der Waals surface area contributed by atoms with Crippen LogP contribution in [0.2, 0.25) is 5.02 Å². The second-order valence-electron chi connectivity index (χ2n) is 11.5. The van der Waals surface area contributed by atoms with Gasteiger partial charge in [-0.2, -0.15) is 0 Å². The number of primary amides is 1. The number of Topliss-reactive ketones (excluding diaryl/α,β-unsaturated/α-hetero) is 2. The molecule has 0 unspecified atom stereocenters. The second kappa shape index (κ2) is 9.92. The van der Waals surface area contributed by atoms with Gasteiger partial charge in [-0.3, -0.25) is 19.3 Å². The molecular weight excluding hydrogens is 526 g/mol. The van der Waals surface area contributed by atoms with Crippen molar-refractivity contribution in [2.24, 2.45) is 23.5 Å². The first-order valence-electron chi connectivity index (χ1n) is 13.3. The van der Waals surface area contributed by atoms with Gasteiger partial charge in [0.05, 0.1) is 11.6 Å². The summed E-state index contributed by atoms with van der Waals surface area (Å²) in [4.78, 5) is 40.6. The zero-order valence-corrected chi connectivity index (χ0v) is 22.7. The van der Waals surface area contributed by atoms with Crippen LogP contribution in [0.4, 0.5) is 0 Å². The van der Waals surface area contributed by atoms with Gasteiger partial charge in [-0.15, -0.1) is 0 Å². The Hall–Kier alpha value is -2.92. The van der Waals surface area contributed by atoms with E-state index in [1.807, 2.05) is 0 Å². The lowest BCUT2D eigenvalue weighted by Crippen LogP contribution is -2.63. The molecule has 4 atom stereocenters. The molecule has 11 heteroatoms. The average molecular weight is 560 g/mol. The molecule has 0 aromatic heterocycles. The van der Waals surface area contributed by atoms with Crippen molar-refractivity contribution in [3.8, 4) is 5.75 Å². The van der Waals surface area contributed by atoms with E-state index in [0.717, 1.165) is 6.54 Å². The number of nitrogens with zero attached hydrogens (tertiary/aromatic N) is 1. The number of nitrogens with two attached hydrogens (primary N) is 1. The first-order chi connectivity index (χ1) is 18.4.